The molecule has 1 aromatic carbocycles. The summed E-state index contributed by atoms with van der Waals surface area (Å²) in [6.45, 7) is 4.73. The summed E-state index contributed by atoms with van der Waals surface area (Å²) in [5.74, 6) is 0. The van der Waals surface area contributed by atoms with Crippen LogP contribution in [0, 0.1) is 6.92 Å². The second-order valence-electron chi connectivity index (χ2n) is 2.37. The molecule has 0 aromatic heterocycles. The standard InChI is InChI=1S/C8H9NO2S/c1-7-5-3-4-6-8(7)12(10,11)9-2/h3-6H,2H2,1H3. The highest BCUT2D eigenvalue weighted by Gasteiger charge is 2.12. The predicted molar refractivity (Wildman–Crippen MR) is 47.9 cm³/mol. The van der Waals surface area contributed by atoms with Crippen molar-refractivity contribution in [1.82, 2.24) is 0 Å². The molecular weight excluding hydrogens is 174 g/mol. The van der Waals surface area contributed by atoms with Crippen molar-refractivity contribution >= 4 is 16.7 Å². The van der Waals surface area contributed by atoms with Crippen molar-refractivity contribution in [2.45, 2.75) is 11.8 Å². The average Bonchev–Trinajstić information content (AvgIpc) is 2.05. The van der Waals surface area contributed by atoms with E-state index in [1.165, 1.54) is 6.07 Å². The largest absolute Gasteiger partial charge is 0.281 e. The Balaban J connectivity index is 3.39. The van der Waals surface area contributed by atoms with Gasteiger partial charge in [-0.3, -0.25) is 0 Å². The molecule has 0 radical (unpaired) electrons. The Bertz CT molecular complexity index is 395. The van der Waals surface area contributed by atoms with Gasteiger partial charge in [0.1, 0.15) is 0 Å². The van der Waals surface area contributed by atoms with Gasteiger partial charge < -0.3 is 0 Å². The molecule has 0 saturated heterocycles. The zero-order valence-electron chi connectivity index (χ0n) is 6.69. The molecular formula is C8H9NO2S. The summed E-state index contributed by atoms with van der Waals surface area (Å²) in [7, 11) is -3.51. The molecule has 3 nitrogen and oxygen atoms in total. The molecule has 1 rings (SSSR count). The van der Waals surface area contributed by atoms with Gasteiger partial charge in [0.25, 0.3) is 10.0 Å². The van der Waals surface area contributed by atoms with E-state index in [4.69, 9.17) is 0 Å². The Kier molecular flexibility index (Phi) is 2.28. The summed E-state index contributed by atoms with van der Waals surface area (Å²) < 4.78 is 25.5. The van der Waals surface area contributed by atoms with E-state index in [1.54, 1.807) is 25.1 Å². The Morgan fingerprint density at radius 1 is 1.33 bits per heavy atom. The van der Waals surface area contributed by atoms with Crippen molar-refractivity contribution in [3.8, 4) is 0 Å². The third kappa shape index (κ3) is 1.53. The summed E-state index contributed by atoms with van der Waals surface area (Å²) in [4.78, 5) is 0.222. The third-order valence-corrected chi connectivity index (χ3v) is 2.90. The number of rotatable bonds is 2. The number of hydrogen-bond donors (Lipinski definition) is 0. The van der Waals surface area contributed by atoms with Gasteiger partial charge in [-0.2, -0.15) is 12.8 Å². The summed E-state index contributed by atoms with van der Waals surface area (Å²) >= 11 is 0. The van der Waals surface area contributed by atoms with Crippen LogP contribution in [0.3, 0.4) is 0 Å². The van der Waals surface area contributed by atoms with Gasteiger partial charge in [0.2, 0.25) is 0 Å². The van der Waals surface area contributed by atoms with Gasteiger partial charge in [0, 0.05) is 6.72 Å². The van der Waals surface area contributed by atoms with Gasteiger partial charge in [-0.15, -0.1) is 0 Å². The van der Waals surface area contributed by atoms with Crippen LogP contribution in [0.2, 0.25) is 0 Å². The van der Waals surface area contributed by atoms with E-state index in [0.717, 1.165) is 0 Å². The molecule has 4 heteroatoms. The number of hydrogen-bond acceptors (Lipinski definition) is 2. The Morgan fingerprint density at radius 3 is 2.42 bits per heavy atom. The Morgan fingerprint density at radius 2 is 1.92 bits per heavy atom. The van der Waals surface area contributed by atoms with Gasteiger partial charge in [0.05, 0.1) is 4.90 Å². The monoisotopic (exact) mass is 183 g/mol. The maximum atomic E-state index is 11.2. The van der Waals surface area contributed by atoms with E-state index in [9.17, 15) is 8.42 Å². The molecule has 0 atom stereocenters. The second-order valence-corrected chi connectivity index (χ2v) is 4.02. The summed E-state index contributed by atoms with van der Waals surface area (Å²) in [6, 6.07) is 6.67. The van der Waals surface area contributed by atoms with Crippen molar-refractivity contribution in [3.63, 3.8) is 0 Å². The number of sulfonamides is 1. The molecule has 0 heterocycles. The molecule has 0 amide bonds. The lowest BCUT2D eigenvalue weighted by atomic mass is 10.2. The van der Waals surface area contributed by atoms with E-state index in [1.807, 2.05) is 0 Å². The number of benzene rings is 1. The zero-order chi connectivity index (χ0) is 9.19. The summed E-state index contributed by atoms with van der Waals surface area (Å²) in [5, 5.41) is 0. The average molecular weight is 183 g/mol. The van der Waals surface area contributed by atoms with Crippen molar-refractivity contribution in [1.29, 1.82) is 0 Å². The molecule has 0 bridgehead atoms. The van der Waals surface area contributed by atoms with Crippen molar-refractivity contribution in [3.05, 3.63) is 29.8 Å². The molecule has 1 aromatic rings. The maximum Gasteiger partial charge on any atom is 0.281 e. The van der Waals surface area contributed by atoms with E-state index in [2.05, 4.69) is 11.1 Å². The molecule has 0 aliphatic carbocycles. The lowest BCUT2D eigenvalue weighted by Gasteiger charge is -2.00. The smallest absolute Gasteiger partial charge is 0.199 e. The first-order valence-corrected chi connectivity index (χ1v) is 4.80. The lowest BCUT2D eigenvalue weighted by molar-refractivity contribution is 0.597. The van der Waals surface area contributed by atoms with E-state index < -0.39 is 10.0 Å². The fraction of sp³-hybridized carbons (Fsp3) is 0.125. The molecule has 0 aliphatic rings. The van der Waals surface area contributed by atoms with Crippen molar-refractivity contribution in [2.75, 3.05) is 0 Å². The topological polar surface area (TPSA) is 46.5 Å². The molecule has 0 saturated carbocycles. The second kappa shape index (κ2) is 3.06. The summed E-state index contributed by atoms with van der Waals surface area (Å²) in [5.41, 5.74) is 0.685. The zero-order valence-corrected chi connectivity index (χ0v) is 7.50. The van der Waals surface area contributed by atoms with Gasteiger partial charge in [-0.25, -0.2) is 0 Å². The van der Waals surface area contributed by atoms with Gasteiger partial charge in [-0.1, -0.05) is 18.2 Å². The molecule has 12 heavy (non-hydrogen) atoms. The highest BCUT2D eigenvalue weighted by molar-refractivity contribution is 7.90. The van der Waals surface area contributed by atoms with Gasteiger partial charge in [0.15, 0.2) is 0 Å². The molecule has 0 spiro atoms. The first-order valence-electron chi connectivity index (χ1n) is 3.36. The van der Waals surface area contributed by atoms with Crippen LogP contribution in [0.1, 0.15) is 5.56 Å². The van der Waals surface area contributed by atoms with Crippen LogP contribution < -0.4 is 0 Å². The molecule has 0 unspecified atom stereocenters. The highest BCUT2D eigenvalue weighted by atomic mass is 32.2. The van der Waals surface area contributed by atoms with Crippen molar-refractivity contribution in [2.24, 2.45) is 4.40 Å². The molecule has 64 valence electrons. The van der Waals surface area contributed by atoms with Crippen molar-refractivity contribution < 1.29 is 8.42 Å². The number of aryl methyl sites for hydroxylation is 1. The highest BCUT2D eigenvalue weighted by Crippen LogP contribution is 2.15. The van der Waals surface area contributed by atoms with Crippen LogP contribution in [0.4, 0.5) is 0 Å². The Hall–Kier alpha value is -1.16. The van der Waals surface area contributed by atoms with Crippen LogP contribution >= 0.6 is 0 Å². The maximum absolute atomic E-state index is 11.2. The van der Waals surface area contributed by atoms with Gasteiger partial charge >= 0.3 is 0 Å². The minimum absolute atomic E-state index is 0.222. The van der Waals surface area contributed by atoms with Crippen LogP contribution in [-0.2, 0) is 10.0 Å². The fourth-order valence-electron chi connectivity index (χ4n) is 0.915. The van der Waals surface area contributed by atoms with E-state index in [0.29, 0.717) is 5.56 Å². The Labute approximate surface area is 71.8 Å². The molecule has 0 N–H and O–H groups in total. The lowest BCUT2D eigenvalue weighted by Crippen LogP contribution is -1.97. The first-order chi connectivity index (χ1) is 5.58. The first kappa shape index (κ1) is 8.93. The summed E-state index contributed by atoms with van der Waals surface area (Å²) in [6.07, 6.45) is 0. The SMILES string of the molecule is C=NS(=O)(=O)c1ccccc1C. The van der Waals surface area contributed by atoms with E-state index >= 15 is 0 Å². The van der Waals surface area contributed by atoms with E-state index in [-0.39, 0.29) is 4.90 Å². The fourth-order valence-corrected chi connectivity index (χ4v) is 1.78. The minimum Gasteiger partial charge on any atom is -0.199 e. The van der Waals surface area contributed by atoms with Crippen LogP contribution in [0.5, 0.6) is 0 Å². The molecule has 0 fully saturated rings. The normalized spacial score (nSPS) is 11.1. The number of nitrogens with zero attached hydrogens (tertiary/aromatic N) is 1. The van der Waals surface area contributed by atoms with Crippen LogP contribution in [0.25, 0.3) is 0 Å². The van der Waals surface area contributed by atoms with Crippen LogP contribution in [-0.4, -0.2) is 15.1 Å². The van der Waals surface area contributed by atoms with Crippen LogP contribution in [0.15, 0.2) is 33.6 Å². The predicted octanol–water partition coefficient (Wildman–Crippen LogP) is 1.38. The quantitative estimate of drug-likeness (QED) is 0.650. The van der Waals surface area contributed by atoms with Gasteiger partial charge in [-0.05, 0) is 18.6 Å². The minimum atomic E-state index is -3.51. The third-order valence-electron chi connectivity index (χ3n) is 1.54. The molecule has 0 aliphatic heterocycles.